The van der Waals surface area contributed by atoms with Crippen molar-refractivity contribution in [1.29, 1.82) is 0 Å². The van der Waals surface area contributed by atoms with Crippen LogP contribution in [0.2, 0.25) is 0 Å². The Morgan fingerprint density at radius 3 is 2.50 bits per heavy atom. The lowest BCUT2D eigenvalue weighted by molar-refractivity contribution is -0.111. The van der Waals surface area contributed by atoms with E-state index in [0.29, 0.717) is 13.2 Å². The summed E-state index contributed by atoms with van der Waals surface area (Å²) in [7, 11) is 3.41. The zero-order valence-corrected chi connectivity index (χ0v) is 12.4. The van der Waals surface area contributed by atoms with Crippen LogP contribution in [0.4, 0.5) is 0 Å². The first kappa shape index (κ1) is 15.3. The Morgan fingerprint density at radius 2 is 2.00 bits per heavy atom. The number of rotatable bonds is 5. The molecule has 1 atom stereocenters. The summed E-state index contributed by atoms with van der Waals surface area (Å²) >= 11 is 0. The normalized spacial score (nSPS) is 19.6. The average molecular weight is 280 g/mol. The molecule has 3 N–H and O–H groups in total. The number of benzene rings is 1. The maximum atomic E-state index is 5.84. The van der Waals surface area contributed by atoms with E-state index in [1.807, 2.05) is 12.1 Å². The molecule has 1 unspecified atom stereocenters. The number of nitrogens with two attached hydrogens (primary N) is 1. The SMILES string of the molecule is COc1ccc(C(NN)C2(OC)CCOCC2)c(C)c1. The molecular weight excluding hydrogens is 256 g/mol. The number of hydrazine groups is 1. The molecule has 0 amide bonds. The average Bonchev–Trinajstić information content (AvgIpc) is 2.50. The highest BCUT2D eigenvalue weighted by Gasteiger charge is 2.41. The van der Waals surface area contributed by atoms with E-state index < -0.39 is 0 Å². The van der Waals surface area contributed by atoms with Gasteiger partial charge in [0.05, 0.1) is 18.8 Å². The lowest BCUT2D eigenvalue weighted by atomic mass is 9.81. The maximum absolute atomic E-state index is 5.84. The van der Waals surface area contributed by atoms with Gasteiger partial charge in [-0.2, -0.15) is 0 Å². The van der Waals surface area contributed by atoms with Crippen LogP contribution in [0.3, 0.4) is 0 Å². The van der Waals surface area contributed by atoms with Crippen LogP contribution in [0, 0.1) is 6.92 Å². The molecule has 2 rings (SSSR count). The summed E-state index contributed by atoms with van der Waals surface area (Å²) in [5.74, 6) is 6.68. The number of methoxy groups -OCH3 is 2. The molecule has 1 heterocycles. The predicted molar refractivity (Wildman–Crippen MR) is 77.6 cm³/mol. The fourth-order valence-corrected chi connectivity index (χ4v) is 2.95. The number of ether oxygens (including phenoxy) is 3. The first-order chi connectivity index (χ1) is 9.66. The molecule has 112 valence electrons. The van der Waals surface area contributed by atoms with Crippen molar-refractivity contribution in [3.05, 3.63) is 29.3 Å². The minimum Gasteiger partial charge on any atom is -0.497 e. The summed E-state index contributed by atoms with van der Waals surface area (Å²) in [6.45, 7) is 3.45. The Morgan fingerprint density at radius 1 is 1.30 bits per heavy atom. The summed E-state index contributed by atoms with van der Waals surface area (Å²) in [5, 5.41) is 0. The van der Waals surface area contributed by atoms with Crippen molar-refractivity contribution in [2.75, 3.05) is 27.4 Å². The van der Waals surface area contributed by atoms with Gasteiger partial charge in [0.15, 0.2) is 0 Å². The summed E-state index contributed by atoms with van der Waals surface area (Å²) in [6.07, 6.45) is 1.65. The fourth-order valence-electron chi connectivity index (χ4n) is 2.95. The van der Waals surface area contributed by atoms with Crippen LogP contribution in [0.1, 0.15) is 30.0 Å². The van der Waals surface area contributed by atoms with E-state index in [2.05, 4.69) is 18.4 Å². The number of hydrogen-bond donors (Lipinski definition) is 2. The van der Waals surface area contributed by atoms with Crippen molar-refractivity contribution in [1.82, 2.24) is 5.43 Å². The maximum Gasteiger partial charge on any atom is 0.119 e. The van der Waals surface area contributed by atoms with Crippen molar-refractivity contribution in [3.8, 4) is 5.75 Å². The van der Waals surface area contributed by atoms with Gasteiger partial charge in [-0.3, -0.25) is 11.3 Å². The molecule has 1 saturated heterocycles. The van der Waals surface area contributed by atoms with Crippen LogP contribution in [-0.2, 0) is 9.47 Å². The first-order valence-electron chi connectivity index (χ1n) is 6.90. The summed E-state index contributed by atoms with van der Waals surface area (Å²) in [6, 6.07) is 5.95. The van der Waals surface area contributed by atoms with Gasteiger partial charge in [0.2, 0.25) is 0 Å². The topological polar surface area (TPSA) is 65.7 Å². The highest BCUT2D eigenvalue weighted by atomic mass is 16.5. The van der Waals surface area contributed by atoms with E-state index in [0.717, 1.165) is 29.7 Å². The van der Waals surface area contributed by atoms with Gasteiger partial charge in [0.1, 0.15) is 5.75 Å². The number of nitrogens with one attached hydrogen (secondary N) is 1. The van der Waals surface area contributed by atoms with Gasteiger partial charge in [-0.05, 0) is 30.2 Å². The standard InChI is InChI=1S/C15H24N2O3/c1-11-10-12(18-2)4-5-13(11)14(17-16)15(19-3)6-8-20-9-7-15/h4-5,10,14,17H,6-9,16H2,1-3H3. The highest BCUT2D eigenvalue weighted by molar-refractivity contribution is 5.38. The fraction of sp³-hybridized carbons (Fsp3) is 0.600. The van der Waals surface area contributed by atoms with Crippen LogP contribution >= 0.6 is 0 Å². The molecule has 1 aromatic rings. The smallest absolute Gasteiger partial charge is 0.119 e. The molecular formula is C15H24N2O3. The molecule has 1 aliphatic rings. The molecule has 5 heteroatoms. The van der Waals surface area contributed by atoms with E-state index >= 15 is 0 Å². The Bertz CT molecular complexity index is 445. The molecule has 0 bridgehead atoms. The third-order valence-corrected chi connectivity index (χ3v) is 4.23. The van der Waals surface area contributed by atoms with Gasteiger partial charge < -0.3 is 14.2 Å². The van der Waals surface area contributed by atoms with Crippen LogP contribution < -0.4 is 16.0 Å². The van der Waals surface area contributed by atoms with Gasteiger partial charge in [0, 0.05) is 33.2 Å². The van der Waals surface area contributed by atoms with E-state index in [4.69, 9.17) is 20.1 Å². The molecule has 0 radical (unpaired) electrons. The van der Waals surface area contributed by atoms with Crippen molar-refractivity contribution in [2.24, 2.45) is 5.84 Å². The van der Waals surface area contributed by atoms with Crippen molar-refractivity contribution in [2.45, 2.75) is 31.4 Å². The van der Waals surface area contributed by atoms with Crippen molar-refractivity contribution in [3.63, 3.8) is 0 Å². The third-order valence-electron chi connectivity index (χ3n) is 4.23. The molecule has 0 spiro atoms. The Kier molecular flexibility index (Phi) is 4.99. The zero-order chi connectivity index (χ0) is 14.6. The van der Waals surface area contributed by atoms with E-state index in [9.17, 15) is 0 Å². The highest BCUT2D eigenvalue weighted by Crippen LogP contribution is 2.38. The minimum absolute atomic E-state index is 0.0673. The molecule has 1 aliphatic heterocycles. The first-order valence-corrected chi connectivity index (χ1v) is 6.90. The van der Waals surface area contributed by atoms with Gasteiger partial charge in [0.25, 0.3) is 0 Å². The second-order valence-corrected chi connectivity index (χ2v) is 5.20. The molecule has 20 heavy (non-hydrogen) atoms. The number of aryl methyl sites for hydroxylation is 1. The molecule has 0 aliphatic carbocycles. The largest absolute Gasteiger partial charge is 0.497 e. The second kappa shape index (κ2) is 6.54. The Balaban J connectivity index is 2.35. The molecule has 0 aromatic heterocycles. The molecule has 5 nitrogen and oxygen atoms in total. The van der Waals surface area contributed by atoms with E-state index in [1.165, 1.54) is 0 Å². The third kappa shape index (κ3) is 2.81. The van der Waals surface area contributed by atoms with E-state index in [-0.39, 0.29) is 11.6 Å². The van der Waals surface area contributed by atoms with Crippen molar-refractivity contribution < 1.29 is 14.2 Å². The van der Waals surface area contributed by atoms with Crippen LogP contribution in [0.5, 0.6) is 5.75 Å². The monoisotopic (exact) mass is 280 g/mol. The summed E-state index contributed by atoms with van der Waals surface area (Å²) in [4.78, 5) is 0. The van der Waals surface area contributed by atoms with E-state index in [1.54, 1.807) is 14.2 Å². The van der Waals surface area contributed by atoms with Crippen LogP contribution in [-0.4, -0.2) is 33.0 Å². The van der Waals surface area contributed by atoms with Gasteiger partial charge >= 0.3 is 0 Å². The minimum atomic E-state index is -0.327. The zero-order valence-electron chi connectivity index (χ0n) is 12.4. The van der Waals surface area contributed by atoms with Crippen LogP contribution in [0.25, 0.3) is 0 Å². The lowest BCUT2D eigenvalue weighted by Crippen LogP contribution is -2.51. The van der Waals surface area contributed by atoms with Crippen LogP contribution in [0.15, 0.2) is 18.2 Å². The molecule has 0 saturated carbocycles. The summed E-state index contributed by atoms with van der Waals surface area (Å²) < 4.78 is 16.6. The van der Waals surface area contributed by atoms with Crippen molar-refractivity contribution >= 4 is 0 Å². The molecule has 1 fully saturated rings. The van der Waals surface area contributed by atoms with Gasteiger partial charge in [-0.25, -0.2) is 0 Å². The van der Waals surface area contributed by atoms with Gasteiger partial charge in [-0.1, -0.05) is 6.07 Å². The summed E-state index contributed by atoms with van der Waals surface area (Å²) in [5.41, 5.74) is 4.88. The number of hydrogen-bond acceptors (Lipinski definition) is 5. The Hall–Kier alpha value is -1.14. The van der Waals surface area contributed by atoms with Gasteiger partial charge in [-0.15, -0.1) is 0 Å². The quantitative estimate of drug-likeness (QED) is 0.635. The Labute approximate surface area is 120 Å². The lowest BCUT2D eigenvalue weighted by Gasteiger charge is -2.42. The predicted octanol–water partition coefficient (Wildman–Crippen LogP) is 1.70. The molecule has 1 aromatic carbocycles. The second-order valence-electron chi connectivity index (χ2n) is 5.20.